The summed E-state index contributed by atoms with van der Waals surface area (Å²) in [6, 6.07) is 32.7. The van der Waals surface area contributed by atoms with Gasteiger partial charge in [-0.2, -0.15) is 0 Å². The second kappa shape index (κ2) is 14.0. The van der Waals surface area contributed by atoms with Gasteiger partial charge in [0.1, 0.15) is 18.4 Å². The van der Waals surface area contributed by atoms with E-state index in [-0.39, 0.29) is 11.8 Å². The smallest absolute Gasteiger partial charge is 0.245 e. The van der Waals surface area contributed by atoms with E-state index in [0.717, 1.165) is 28.1 Å². The van der Waals surface area contributed by atoms with Crippen molar-refractivity contribution >= 4 is 29.1 Å². The van der Waals surface area contributed by atoms with Crippen LogP contribution in [0.1, 0.15) is 22.3 Å². The number of fused-ring (bicyclic) bond motifs is 1. The van der Waals surface area contributed by atoms with Gasteiger partial charge in [0.15, 0.2) is 0 Å². The molecule has 0 unspecified atom stereocenters. The molecule has 2 heterocycles. The normalized spacial score (nSPS) is 17.0. The molecule has 2 amide bonds. The Morgan fingerprint density at radius 2 is 1.50 bits per heavy atom. The summed E-state index contributed by atoms with van der Waals surface area (Å²) in [6.45, 7) is 3.55. The number of halogens is 1. The average Bonchev–Trinajstić information content (AvgIpc) is 3.08. The van der Waals surface area contributed by atoms with Crippen LogP contribution in [0.4, 0.5) is 5.69 Å². The Kier molecular flexibility index (Phi) is 9.44. The minimum Gasteiger partial charge on any atom is -0.487 e. The van der Waals surface area contributed by atoms with E-state index in [0.29, 0.717) is 57.2 Å². The van der Waals surface area contributed by atoms with E-state index in [4.69, 9.17) is 16.3 Å². The van der Waals surface area contributed by atoms with Gasteiger partial charge >= 0.3 is 0 Å². The molecular formula is C36H37ClN4O3. The Bertz CT molecular complexity index is 1570. The molecule has 1 fully saturated rings. The third-order valence-corrected chi connectivity index (χ3v) is 8.65. The molecule has 44 heavy (non-hydrogen) atoms. The summed E-state index contributed by atoms with van der Waals surface area (Å²) in [5.41, 5.74) is 5.44. The SMILES string of the molecule is O=C(N[C@H](Cc1ccc(Cl)cc1)C(=O)N1CCN(c2ccccc2OCc2ccccc2)CC1)[C@H]1Cc2ccccc2CN1. The van der Waals surface area contributed by atoms with Crippen LogP contribution < -0.4 is 20.3 Å². The zero-order valence-corrected chi connectivity index (χ0v) is 25.4. The molecule has 0 spiro atoms. The Hall–Kier alpha value is -4.33. The molecule has 2 N–H and O–H groups in total. The summed E-state index contributed by atoms with van der Waals surface area (Å²) in [5, 5.41) is 7.08. The number of carbonyl (C=O) groups is 2. The second-order valence-electron chi connectivity index (χ2n) is 11.4. The van der Waals surface area contributed by atoms with E-state index >= 15 is 0 Å². The summed E-state index contributed by atoms with van der Waals surface area (Å²) in [4.78, 5) is 31.6. The van der Waals surface area contributed by atoms with Crippen molar-refractivity contribution in [1.29, 1.82) is 0 Å². The minimum atomic E-state index is -0.685. The molecule has 0 saturated carbocycles. The number of nitrogens with zero attached hydrogens (tertiary/aromatic N) is 2. The molecule has 0 aromatic heterocycles. The van der Waals surface area contributed by atoms with Crippen LogP contribution in [0.5, 0.6) is 5.75 Å². The van der Waals surface area contributed by atoms with Gasteiger partial charge in [-0.3, -0.25) is 9.59 Å². The fraction of sp³-hybridized carbons (Fsp3) is 0.278. The summed E-state index contributed by atoms with van der Waals surface area (Å²) in [5.74, 6) is 0.596. The van der Waals surface area contributed by atoms with Crippen molar-refractivity contribution in [3.8, 4) is 5.75 Å². The van der Waals surface area contributed by atoms with Gasteiger partial charge in [0.25, 0.3) is 0 Å². The number of carbonyl (C=O) groups excluding carboxylic acids is 2. The number of hydrogen-bond donors (Lipinski definition) is 2. The standard InChI is InChI=1S/C36H37ClN4O3/c37-30-16-14-26(15-17-30)22-32(39-35(42)31-23-28-10-4-5-11-29(28)24-38-31)36(43)41-20-18-40(19-21-41)33-12-6-7-13-34(33)44-25-27-8-2-1-3-9-27/h1-17,31-32,38H,18-25H2,(H,39,42)/t31-,32-/m1/s1. The van der Waals surface area contributed by atoms with Crippen LogP contribution in [-0.2, 0) is 35.6 Å². The fourth-order valence-electron chi connectivity index (χ4n) is 5.93. The van der Waals surface area contributed by atoms with E-state index in [1.165, 1.54) is 5.56 Å². The lowest BCUT2D eigenvalue weighted by Gasteiger charge is -2.38. The fourth-order valence-corrected chi connectivity index (χ4v) is 6.06. The van der Waals surface area contributed by atoms with Crippen molar-refractivity contribution in [3.05, 3.63) is 130 Å². The predicted molar refractivity (Wildman–Crippen MR) is 174 cm³/mol. The first-order valence-electron chi connectivity index (χ1n) is 15.2. The summed E-state index contributed by atoms with van der Waals surface area (Å²) < 4.78 is 6.20. The molecule has 2 aliphatic heterocycles. The third-order valence-electron chi connectivity index (χ3n) is 8.40. The number of piperazine rings is 1. The van der Waals surface area contributed by atoms with E-state index < -0.39 is 12.1 Å². The maximum absolute atomic E-state index is 14.0. The van der Waals surface area contributed by atoms with Crippen molar-refractivity contribution < 1.29 is 14.3 Å². The first-order chi connectivity index (χ1) is 21.5. The van der Waals surface area contributed by atoms with Crippen molar-refractivity contribution in [2.45, 2.75) is 38.1 Å². The van der Waals surface area contributed by atoms with Crippen LogP contribution in [0.3, 0.4) is 0 Å². The highest BCUT2D eigenvalue weighted by molar-refractivity contribution is 6.30. The number of hydrogen-bond acceptors (Lipinski definition) is 5. The molecule has 8 heteroatoms. The highest BCUT2D eigenvalue weighted by Crippen LogP contribution is 2.30. The third kappa shape index (κ3) is 7.24. The zero-order valence-electron chi connectivity index (χ0n) is 24.6. The molecule has 4 aromatic rings. The zero-order chi connectivity index (χ0) is 30.3. The number of ether oxygens (including phenoxy) is 1. The number of rotatable bonds is 9. The van der Waals surface area contributed by atoms with Gasteiger partial charge < -0.3 is 25.2 Å². The Balaban J connectivity index is 1.12. The van der Waals surface area contributed by atoms with E-state index in [2.05, 4.69) is 45.9 Å². The van der Waals surface area contributed by atoms with Gasteiger partial charge in [-0.05, 0) is 52.9 Å². The molecule has 1 saturated heterocycles. The van der Waals surface area contributed by atoms with Crippen molar-refractivity contribution in [3.63, 3.8) is 0 Å². The first-order valence-corrected chi connectivity index (χ1v) is 15.6. The number of amides is 2. The predicted octanol–water partition coefficient (Wildman–Crippen LogP) is 5.01. The quantitative estimate of drug-likeness (QED) is 0.280. The molecule has 2 atom stereocenters. The summed E-state index contributed by atoms with van der Waals surface area (Å²) in [7, 11) is 0. The van der Waals surface area contributed by atoms with Gasteiger partial charge in [0, 0.05) is 44.2 Å². The molecular weight excluding hydrogens is 572 g/mol. The highest BCUT2D eigenvalue weighted by Gasteiger charge is 2.32. The van der Waals surface area contributed by atoms with E-state index in [1.807, 2.05) is 77.7 Å². The number of benzene rings is 4. The van der Waals surface area contributed by atoms with Gasteiger partial charge in [-0.1, -0.05) is 90.5 Å². The molecule has 4 aromatic carbocycles. The van der Waals surface area contributed by atoms with E-state index in [9.17, 15) is 9.59 Å². The topological polar surface area (TPSA) is 73.9 Å². The molecule has 2 aliphatic rings. The van der Waals surface area contributed by atoms with Gasteiger partial charge in [0.05, 0.1) is 11.7 Å². The van der Waals surface area contributed by atoms with Gasteiger partial charge in [-0.15, -0.1) is 0 Å². The summed E-state index contributed by atoms with van der Waals surface area (Å²) >= 11 is 6.12. The lowest BCUT2D eigenvalue weighted by molar-refractivity contribution is -0.137. The monoisotopic (exact) mass is 608 g/mol. The minimum absolute atomic E-state index is 0.0715. The number of nitrogens with one attached hydrogen (secondary N) is 2. The molecule has 0 radical (unpaired) electrons. The number of para-hydroxylation sites is 2. The number of anilines is 1. The first kappa shape index (κ1) is 29.7. The maximum Gasteiger partial charge on any atom is 0.245 e. The second-order valence-corrected chi connectivity index (χ2v) is 11.8. The van der Waals surface area contributed by atoms with Crippen LogP contribution in [-0.4, -0.2) is 55.0 Å². The van der Waals surface area contributed by atoms with Crippen LogP contribution in [0.25, 0.3) is 0 Å². The molecule has 0 bridgehead atoms. The Morgan fingerprint density at radius 1 is 0.818 bits per heavy atom. The largest absolute Gasteiger partial charge is 0.487 e. The average molecular weight is 609 g/mol. The van der Waals surface area contributed by atoms with E-state index in [1.54, 1.807) is 0 Å². The van der Waals surface area contributed by atoms with Crippen LogP contribution in [0, 0.1) is 0 Å². The van der Waals surface area contributed by atoms with Crippen LogP contribution in [0.2, 0.25) is 5.02 Å². The van der Waals surface area contributed by atoms with Gasteiger partial charge in [0.2, 0.25) is 11.8 Å². The molecule has 226 valence electrons. The van der Waals surface area contributed by atoms with Crippen LogP contribution >= 0.6 is 11.6 Å². The molecule has 7 nitrogen and oxygen atoms in total. The lowest BCUT2D eigenvalue weighted by atomic mass is 9.95. The Morgan fingerprint density at radius 3 is 2.27 bits per heavy atom. The van der Waals surface area contributed by atoms with Crippen LogP contribution in [0.15, 0.2) is 103 Å². The molecule has 6 rings (SSSR count). The maximum atomic E-state index is 14.0. The highest BCUT2D eigenvalue weighted by atomic mass is 35.5. The van der Waals surface area contributed by atoms with Crippen molar-refractivity contribution in [2.75, 3.05) is 31.1 Å². The molecule has 0 aliphatic carbocycles. The van der Waals surface area contributed by atoms with Gasteiger partial charge in [-0.25, -0.2) is 0 Å². The lowest BCUT2D eigenvalue weighted by Crippen LogP contribution is -2.58. The van der Waals surface area contributed by atoms with Crippen molar-refractivity contribution in [2.24, 2.45) is 0 Å². The Labute approximate surface area is 263 Å². The summed E-state index contributed by atoms with van der Waals surface area (Å²) in [6.07, 6.45) is 0.982. The van der Waals surface area contributed by atoms with Crippen molar-refractivity contribution in [1.82, 2.24) is 15.5 Å².